The van der Waals surface area contributed by atoms with Crippen molar-refractivity contribution in [1.82, 2.24) is 9.55 Å². The fourth-order valence-electron chi connectivity index (χ4n) is 2.98. The maximum atomic E-state index is 12.0. The molecular formula is C16H18N2O. The van der Waals surface area contributed by atoms with E-state index >= 15 is 0 Å². The van der Waals surface area contributed by atoms with Crippen LogP contribution in [0.5, 0.6) is 0 Å². The number of aromatic nitrogens is 2. The Kier molecular flexibility index (Phi) is 2.77. The number of Topliss-reactive ketones (excluding diaryl/α,β-unsaturated/α-hetero) is 1. The number of hydrogen-bond acceptors (Lipinski definition) is 2. The van der Waals surface area contributed by atoms with Crippen LogP contribution in [0.3, 0.4) is 0 Å². The predicted molar refractivity (Wildman–Crippen MR) is 75.0 cm³/mol. The highest BCUT2D eigenvalue weighted by atomic mass is 16.1. The van der Waals surface area contributed by atoms with Gasteiger partial charge in [-0.2, -0.15) is 0 Å². The van der Waals surface area contributed by atoms with Crippen molar-refractivity contribution in [2.45, 2.75) is 40.0 Å². The first-order valence-corrected chi connectivity index (χ1v) is 6.76. The number of rotatable bonds is 1. The molecule has 19 heavy (non-hydrogen) atoms. The number of pyridine rings is 1. The van der Waals surface area contributed by atoms with Crippen molar-refractivity contribution in [1.29, 1.82) is 0 Å². The molecule has 0 radical (unpaired) electrons. The number of carbonyl (C=O) groups is 1. The minimum absolute atomic E-state index is 0.271. The smallest absolute Gasteiger partial charge is 0.164 e. The van der Waals surface area contributed by atoms with Crippen molar-refractivity contribution in [3.05, 3.63) is 46.4 Å². The lowest BCUT2D eigenvalue weighted by molar-refractivity contribution is 0.0972. The summed E-state index contributed by atoms with van der Waals surface area (Å²) in [6, 6.07) is 6.16. The van der Waals surface area contributed by atoms with Crippen LogP contribution in [0.25, 0.3) is 5.82 Å². The molecule has 0 aliphatic heterocycles. The molecule has 3 rings (SSSR count). The van der Waals surface area contributed by atoms with E-state index < -0.39 is 0 Å². The van der Waals surface area contributed by atoms with Crippen molar-refractivity contribution in [2.24, 2.45) is 0 Å². The lowest BCUT2D eigenvalue weighted by atomic mass is 9.96. The molecule has 0 N–H and O–H groups in total. The highest BCUT2D eigenvalue weighted by Crippen LogP contribution is 2.27. The standard InChI is InChI=1S/C16H18N2O/c1-10-7-11(2)17-16(8-10)18-12(3)9-13-14(18)5-4-6-15(13)19/h7-9H,4-6H2,1-3H3. The van der Waals surface area contributed by atoms with Gasteiger partial charge in [0.15, 0.2) is 5.78 Å². The van der Waals surface area contributed by atoms with E-state index in [1.807, 2.05) is 19.9 Å². The van der Waals surface area contributed by atoms with E-state index in [0.29, 0.717) is 6.42 Å². The van der Waals surface area contributed by atoms with E-state index in [1.165, 1.54) is 5.56 Å². The summed E-state index contributed by atoms with van der Waals surface area (Å²) in [5.74, 6) is 1.21. The normalized spacial score (nSPS) is 14.6. The van der Waals surface area contributed by atoms with Gasteiger partial charge in [0.2, 0.25) is 0 Å². The highest BCUT2D eigenvalue weighted by molar-refractivity contribution is 5.98. The second-order valence-electron chi connectivity index (χ2n) is 5.40. The molecule has 0 unspecified atom stereocenters. The van der Waals surface area contributed by atoms with Crippen LogP contribution in [0.15, 0.2) is 18.2 Å². The molecule has 0 amide bonds. The summed E-state index contributed by atoms with van der Waals surface area (Å²) in [5.41, 5.74) is 5.33. The van der Waals surface area contributed by atoms with E-state index in [2.05, 4.69) is 28.6 Å². The minimum atomic E-state index is 0.271. The number of ketones is 1. The molecule has 1 aliphatic carbocycles. The molecule has 3 nitrogen and oxygen atoms in total. The van der Waals surface area contributed by atoms with Gasteiger partial charge in [0.25, 0.3) is 0 Å². The van der Waals surface area contributed by atoms with E-state index in [0.717, 1.165) is 41.3 Å². The minimum Gasteiger partial charge on any atom is -0.302 e. The molecule has 0 bridgehead atoms. The van der Waals surface area contributed by atoms with Crippen molar-refractivity contribution < 1.29 is 4.79 Å². The summed E-state index contributed by atoms with van der Waals surface area (Å²) in [4.78, 5) is 16.6. The summed E-state index contributed by atoms with van der Waals surface area (Å²) in [6.07, 6.45) is 2.58. The van der Waals surface area contributed by atoms with Gasteiger partial charge in [-0.1, -0.05) is 0 Å². The first-order valence-electron chi connectivity index (χ1n) is 6.76. The summed E-state index contributed by atoms with van der Waals surface area (Å²) in [7, 11) is 0. The highest BCUT2D eigenvalue weighted by Gasteiger charge is 2.23. The van der Waals surface area contributed by atoms with Crippen molar-refractivity contribution in [3.63, 3.8) is 0 Å². The molecule has 2 aromatic heterocycles. The van der Waals surface area contributed by atoms with Gasteiger partial charge in [-0.25, -0.2) is 4.98 Å². The van der Waals surface area contributed by atoms with Crippen LogP contribution in [0.1, 0.15) is 45.8 Å². The molecule has 2 aromatic rings. The maximum absolute atomic E-state index is 12.0. The molecule has 0 aromatic carbocycles. The van der Waals surface area contributed by atoms with Gasteiger partial charge in [-0.05, 0) is 57.4 Å². The maximum Gasteiger partial charge on any atom is 0.164 e. The number of nitrogens with zero attached hydrogens (tertiary/aromatic N) is 2. The number of carbonyl (C=O) groups excluding carboxylic acids is 1. The number of aryl methyl sites for hydroxylation is 3. The zero-order chi connectivity index (χ0) is 13.6. The van der Waals surface area contributed by atoms with Crippen LogP contribution in [0, 0.1) is 20.8 Å². The van der Waals surface area contributed by atoms with Gasteiger partial charge in [0.05, 0.1) is 0 Å². The zero-order valence-electron chi connectivity index (χ0n) is 11.7. The summed E-state index contributed by atoms with van der Waals surface area (Å²) >= 11 is 0. The molecule has 0 atom stereocenters. The Morgan fingerprint density at radius 1 is 1.11 bits per heavy atom. The average molecular weight is 254 g/mol. The average Bonchev–Trinajstić information content (AvgIpc) is 2.65. The Hall–Kier alpha value is -1.90. The Balaban J connectivity index is 2.23. The summed E-state index contributed by atoms with van der Waals surface area (Å²) in [5, 5.41) is 0. The van der Waals surface area contributed by atoms with Crippen LogP contribution >= 0.6 is 0 Å². The molecule has 0 saturated heterocycles. The van der Waals surface area contributed by atoms with Gasteiger partial charge >= 0.3 is 0 Å². The number of fused-ring (bicyclic) bond motifs is 1. The molecule has 0 fully saturated rings. The van der Waals surface area contributed by atoms with Crippen molar-refractivity contribution in [2.75, 3.05) is 0 Å². The third kappa shape index (κ3) is 1.99. The lowest BCUT2D eigenvalue weighted by Crippen LogP contribution is -2.13. The second-order valence-corrected chi connectivity index (χ2v) is 5.40. The Bertz CT molecular complexity index is 647. The fraction of sp³-hybridized carbons (Fsp3) is 0.375. The monoisotopic (exact) mass is 254 g/mol. The summed E-state index contributed by atoms with van der Waals surface area (Å²) in [6.45, 7) is 6.13. The zero-order valence-corrected chi connectivity index (χ0v) is 11.7. The van der Waals surface area contributed by atoms with Gasteiger partial charge in [0, 0.05) is 29.1 Å². The van der Waals surface area contributed by atoms with Crippen LogP contribution in [-0.2, 0) is 6.42 Å². The fourth-order valence-corrected chi connectivity index (χ4v) is 2.98. The molecular weight excluding hydrogens is 236 g/mol. The topological polar surface area (TPSA) is 34.9 Å². The molecule has 0 saturated carbocycles. The van der Waals surface area contributed by atoms with Crippen LogP contribution < -0.4 is 0 Å². The van der Waals surface area contributed by atoms with Gasteiger partial charge in [-0.15, -0.1) is 0 Å². The quantitative estimate of drug-likeness (QED) is 0.782. The lowest BCUT2D eigenvalue weighted by Gasteiger charge is -2.16. The van der Waals surface area contributed by atoms with Gasteiger partial charge in [0.1, 0.15) is 5.82 Å². The molecule has 3 heteroatoms. The van der Waals surface area contributed by atoms with Gasteiger partial charge < -0.3 is 4.57 Å². The molecule has 1 aliphatic rings. The van der Waals surface area contributed by atoms with Crippen LogP contribution in [0.2, 0.25) is 0 Å². The largest absolute Gasteiger partial charge is 0.302 e. The van der Waals surface area contributed by atoms with E-state index in [4.69, 9.17) is 0 Å². The predicted octanol–water partition coefficient (Wildman–Crippen LogP) is 3.32. The van der Waals surface area contributed by atoms with E-state index in [9.17, 15) is 4.79 Å². The molecule has 2 heterocycles. The number of hydrogen-bond donors (Lipinski definition) is 0. The first-order chi connectivity index (χ1) is 9.06. The first kappa shape index (κ1) is 12.2. The summed E-state index contributed by atoms with van der Waals surface area (Å²) < 4.78 is 2.15. The third-order valence-corrected chi connectivity index (χ3v) is 3.72. The van der Waals surface area contributed by atoms with Crippen LogP contribution in [0.4, 0.5) is 0 Å². The van der Waals surface area contributed by atoms with E-state index in [-0.39, 0.29) is 5.78 Å². The Morgan fingerprint density at radius 3 is 2.63 bits per heavy atom. The molecule has 98 valence electrons. The SMILES string of the molecule is Cc1cc(C)nc(-n2c(C)cc3c2CCCC3=O)c1. The van der Waals surface area contributed by atoms with Crippen molar-refractivity contribution >= 4 is 5.78 Å². The van der Waals surface area contributed by atoms with Gasteiger partial charge in [-0.3, -0.25) is 4.79 Å². The molecule has 0 spiro atoms. The van der Waals surface area contributed by atoms with Crippen LogP contribution in [-0.4, -0.2) is 15.3 Å². The van der Waals surface area contributed by atoms with Crippen molar-refractivity contribution in [3.8, 4) is 5.82 Å². The second kappa shape index (κ2) is 4.34. The Labute approximate surface area is 113 Å². The van der Waals surface area contributed by atoms with E-state index in [1.54, 1.807) is 0 Å². The third-order valence-electron chi connectivity index (χ3n) is 3.72. The Morgan fingerprint density at radius 2 is 1.89 bits per heavy atom.